The van der Waals surface area contributed by atoms with E-state index in [0.29, 0.717) is 0 Å². The smallest absolute Gasteiger partial charge is 0.00357 e. The molecule has 1 unspecified atom stereocenters. The van der Waals surface area contributed by atoms with Gasteiger partial charge in [-0.1, -0.05) is 30.3 Å². The molecule has 12 heavy (non-hydrogen) atoms. The van der Waals surface area contributed by atoms with E-state index >= 15 is 0 Å². The van der Waals surface area contributed by atoms with E-state index in [1.165, 1.54) is 29.9 Å². The van der Waals surface area contributed by atoms with Crippen molar-refractivity contribution in [1.29, 1.82) is 0 Å². The van der Waals surface area contributed by atoms with Gasteiger partial charge in [-0.15, -0.1) is 0 Å². The van der Waals surface area contributed by atoms with Crippen LogP contribution < -0.4 is 0 Å². The SMILES string of the molecule is c1ccc(CC2CCSC2)cc1. The maximum absolute atomic E-state index is 2.24. The van der Waals surface area contributed by atoms with Crippen molar-refractivity contribution in [2.75, 3.05) is 11.5 Å². The Labute approximate surface area is 78.4 Å². The zero-order chi connectivity index (χ0) is 8.23. The number of benzene rings is 1. The molecule has 0 nitrogen and oxygen atoms in total. The number of hydrogen-bond donors (Lipinski definition) is 0. The van der Waals surface area contributed by atoms with E-state index < -0.39 is 0 Å². The van der Waals surface area contributed by atoms with Crippen LogP contribution in [-0.2, 0) is 6.42 Å². The molecular formula is C11H14S. The fraction of sp³-hybridized carbons (Fsp3) is 0.455. The Morgan fingerprint density at radius 3 is 2.75 bits per heavy atom. The highest BCUT2D eigenvalue weighted by molar-refractivity contribution is 7.99. The number of hydrogen-bond acceptors (Lipinski definition) is 1. The van der Waals surface area contributed by atoms with Crippen LogP contribution in [0.25, 0.3) is 0 Å². The van der Waals surface area contributed by atoms with Crippen molar-refractivity contribution in [3.05, 3.63) is 35.9 Å². The number of rotatable bonds is 2. The Morgan fingerprint density at radius 2 is 2.08 bits per heavy atom. The van der Waals surface area contributed by atoms with Crippen LogP contribution in [0.4, 0.5) is 0 Å². The summed E-state index contributed by atoms with van der Waals surface area (Å²) in [5.74, 6) is 3.68. The molecular weight excluding hydrogens is 164 g/mol. The molecule has 2 rings (SSSR count). The average molecular weight is 178 g/mol. The van der Waals surface area contributed by atoms with Crippen molar-refractivity contribution in [1.82, 2.24) is 0 Å². The first-order chi connectivity index (χ1) is 5.95. The van der Waals surface area contributed by atoms with E-state index in [0.717, 1.165) is 5.92 Å². The van der Waals surface area contributed by atoms with E-state index in [2.05, 4.69) is 42.1 Å². The highest BCUT2D eigenvalue weighted by atomic mass is 32.2. The van der Waals surface area contributed by atoms with Crippen molar-refractivity contribution in [2.45, 2.75) is 12.8 Å². The lowest BCUT2D eigenvalue weighted by atomic mass is 9.99. The first-order valence-corrected chi connectivity index (χ1v) is 5.72. The molecule has 1 saturated heterocycles. The lowest BCUT2D eigenvalue weighted by Crippen LogP contribution is -2.01. The first-order valence-electron chi connectivity index (χ1n) is 4.57. The lowest BCUT2D eigenvalue weighted by Gasteiger charge is -2.06. The van der Waals surface area contributed by atoms with Crippen LogP contribution >= 0.6 is 11.8 Å². The van der Waals surface area contributed by atoms with Gasteiger partial charge in [0.05, 0.1) is 0 Å². The molecule has 1 heteroatoms. The van der Waals surface area contributed by atoms with Crippen LogP contribution in [0.5, 0.6) is 0 Å². The zero-order valence-corrected chi connectivity index (χ0v) is 8.02. The van der Waals surface area contributed by atoms with Gasteiger partial charge in [-0.2, -0.15) is 11.8 Å². The molecule has 0 radical (unpaired) electrons. The normalized spacial score (nSPS) is 22.8. The lowest BCUT2D eigenvalue weighted by molar-refractivity contribution is 0.596. The van der Waals surface area contributed by atoms with Crippen LogP contribution in [0.2, 0.25) is 0 Å². The average Bonchev–Trinajstić information content (AvgIpc) is 2.59. The second-order valence-corrected chi connectivity index (χ2v) is 4.57. The molecule has 0 saturated carbocycles. The molecule has 64 valence electrons. The summed E-state index contributed by atoms with van der Waals surface area (Å²) < 4.78 is 0. The molecule has 0 amide bonds. The van der Waals surface area contributed by atoms with Gasteiger partial charge in [0, 0.05) is 0 Å². The van der Waals surface area contributed by atoms with Gasteiger partial charge in [0.25, 0.3) is 0 Å². The van der Waals surface area contributed by atoms with Gasteiger partial charge in [0.2, 0.25) is 0 Å². The summed E-state index contributed by atoms with van der Waals surface area (Å²) in [5, 5.41) is 0. The van der Waals surface area contributed by atoms with Gasteiger partial charge in [0.15, 0.2) is 0 Å². The predicted octanol–water partition coefficient (Wildman–Crippen LogP) is 2.98. The molecule has 1 aromatic rings. The standard InChI is InChI=1S/C11H14S/c1-2-4-10(5-3-1)8-11-6-7-12-9-11/h1-5,11H,6-9H2. The van der Waals surface area contributed by atoms with E-state index in [1.807, 2.05) is 0 Å². The Kier molecular flexibility index (Phi) is 2.72. The molecule has 1 aliphatic rings. The summed E-state index contributed by atoms with van der Waals surface area (Å²) in [6, 6.07) is 10.8. The van der Waals surface area contributed by atoms with Crippen molar-refractivity contribution >= 4 is 11.8 Å². The summed E-state index contributed by atoms with van der Waals surface area (Å²) in [5.41, 5.74) is 1.50. The molecule has 1 aliphatic heterocycles. The van der Waals surface area contributed by atoms with Gasteiger partial charge in [-0.3, -0.25) is 0 Å². The monoisotopic (exact) mass is 178 g/mol. The Morgan fingerprint density at radius 1 is 1.25 bits per heavy atom. The van der Waals surface area contributed by atoms with Gasteiger partial charge in [0.1, 0.15) is 0 Å². The molecule has 0 spiro atoms. The molecule has 1 heterocycles. The summed E-state index contributed by atoms with van der Waals surface area (Å²) in [6.45, 7) is 0. The quantitative estimate of drug-likeness (QED) is 0.671. The Hall–Kier alpha value is -0.430. The van der Waals surface area contributed by atoms with Crippen molar-refractivity contribution in [3.8, 4) is 0 Å². The van der Waals surface area contributed by atoms with E-state index in [1.54, 1.807) is 0 Å². The molecule has 1 fully saturated rings. The largest absolute Gasteiger partial charge is 0.162 e. The highest BCUT2D eigenvalue weighted by Gasteiger charge is 2.15. The topological polar surface area (TPSA) is 0 Å². The fourth-order valence-electron chi connectivity index (χ4n) is 1.69. The van der Waals surface area contributed by atoms with Gasteiger partial charge < -0.3 is 0 Å². The van der Waals surface area contributed by atoms with Crippen molar-refractivity contribution in [2.24, 2.45) is 5.92 Å². The molecule has 1 aromatic carbocycles. The summed E-state index contributed by atoms with van der Waals surface area (Å²) >= 11 is 2.10. The Bertz CT molecular complexity index is 224. The van der Waals surface area contributed by atoms with Crippen LogP contribution in [-0.4, -0.2) is 11.5 Å². The molecule has 0 bridgehead atoms. The Balaban J connectivity index is 1.94. The third-order valence-electron chi connectivity index (χ3n) is 2.39. The molecule has 0 N–H and O–H groups in total. The van der Waals surface area contributed by atoms with Crippen LogP contribution in [0.3, 0.4) is 0 Å². The third-order valence-corrected chi connectivity index (χ3v) is 3.62. The minimum atomic E-state index is 0.942. The minimum absolute atomic E-state index is 0.942. The van der Waals surface area contributed by atoms with Crippen molar-refractivity contribution < 1.29 is 0 Å². The molecule has 0 aliphatic carbocycles. The molecule has 1 atom stereocenters. The highest BCUT2D eigenvalue weighted by Crippen LogP contribution is 2.26. The van der Waals surface area contributed by atoms with Crippen LogP contribution in [0, 0.1) is 5.92 Å². The van der Waals surface area contributed by atoms with Gasteiger partial charge in [-0.05, 0) is 35.8 Å². The van der Waals surface area contributed by atoms with Crippen LogP contribution in [0.15, 0.2) is 30.3 Å². The maximum Gasteiger partial charge on any atom is -0.00357 e. The fourth-order valence-corrected chi connectivity index (χ4v) is 2.98. The predicted molar refractivity (Wildman–Crippen MR) is 55.6 cm³/mol. The van der Waals surface area contributed by atoms with Crippen molar-refractivity contribution in [3.63, 3.8) is 0 Å². The number of thioether (sulfide) groups is 1. The third kappa shape index (κ3) is 2.04. The van der Waals surface area contributed by atoms with Gasteiger partial charge in [-0.25, -0.2) is 0 Å². The summed E-state index contributed by atoms with van der Waals surface area (Å²) in [6.07, 6.45) is 2.70. The second-order valence-electron chi connectivity index (χ2n) is 3.42. The van der Waals surface area contributed by atoms with Crippen LogP contribution in [0.1, 0.15) is 12.0 Å². The summed E-state index contributed by atoms with van der Waals surface area (Å²) in [4.78, 5) is 0. The molecule has 0 aromatic heterocycles. The van der Waals surface area contributed by atoms with E-state index in [-0.39, 0.29) is 0 Å². The van der Waals surface area contributed by atoms with E-state index in [9.17, 15) is 0 Å². The first kappa shape index (κ1) is 8.18. The van der Waals surface area contributed by atoms with E-state index in [4.69, 9.17) is 0 Å². The maximum atomic E-state index is 2.24. The van der Waals surface area contributed by atoms with Gasteiger partial charge >= 0.3 is 0 Å². The minimum Gasteiger partial charge on any atom is -0.162 e. The summed E-state index contributed by atoms with van der Waals surface area (Å²) in [7, 11) is 0. The second kappa shape index (κ2) is 3.99. The zero-order valence-electron chi connectivity index (χ0n) is 7.20.